The molecule has 0 fully saturated rings. The molecule has 2 amide bonds. The van der Waals surface area contributed by atoms with Gasteiger partial charge in [-0.15, -0.1) is 15.5 Å². The number of thiol groups is 1. The molecule has 32 heavy (non-hydrogen) atoms. The minimum atomic E-state index is -1.36. The molecule has 0 radical (unpaired) electrons. The molecule has 0 aliphatic rings. The lowest BCUT2D eigenvalue weighted by atomic mass is 9.83. The largest absolute Gasteiger partial charge is 0.326 e. The molecule has 3 rings (SSSR count). The number of anilines is 2. The van der Waals surface area contributed by atoms with Crippen LogP contribution >= 0.6 is 11.3 Å². The predicted octanol–water partition coefficient (Wildman–Crippen LogP) is 4.62. The second-order valence-corrected chi connectivity index (χ2v) is 10.8. The molecule has 1 unspecified atom stereocenters. The smallest absolute Gasteiger partial charge is 0.236 e. The minimum absolute atomic E-state index is 0.137. The predicted molar refractivity (Wildman–Crippen MR) is 132 cm³/mol. The van der Waals surface area contributed by atoms with Crippen LogP contribution < -0.4 is 10.6 Å². The van der Waals surface area contributed by atoms with E-state index in [1.54, 1.807) is 12.1 Å². The molecule has 2 aromatic carbocycles. The number of benzene rings is 2. The zero-order valence-electron chi connectivity index (χ0n) is 18.6. The van der Waals surface area contributed by atoms with Gasteiger partial charge in [-0.3, -0.25) is 9.59 Å². The summed E-state index contributed by atoms with van der Waals surface area (Å²) in [6, 6.07) is 14.6. The summed E-state index contributed by atoms with van der Waals surface area (Å²) >= 11 is 1.40. The summed E-state index contributed by atoms with van der Waals surface area (Å²) in [5.41, 5.74) is 2.47. The van der Waals surface area contributed by atoms with Gasteiger partial charge in [-0.1, -0.05) is 24.3 Å². The third-order valence-electron chi connectivity index (χ3n) is 5.17. The molecule has 0 aliphatic heterocycles. The number of nitrogens with one attached hydrogen (secondary N) is 2. The Labute approximate surface area is 194 Å². The fourth-order valence-electron chi connectivity index (χ4n) is 3.12. The summed E-state index contributed by atoms with van der Waals surface area (Å²) in [7, 11) is -1.36. The van der Waals surface area contributed by atoms with E-state index in [4.69, 9.17) is 0 Å². The molecule has 1 heterocycles. The van der Waals surface area contributed by atoms with Gasteiger partial charge in [-0.05, 0) is 63.1 Å². The summed E-state index contributed by atoms with van der Waals surface area (Å²) in [5.74, 6) is 0.326. The van der Waals surface area contributed by atoms with Gasteiger partial charge < -0.3 is 10.6 Å². The van der Waals surface area contributed by atoms with Crippen molar-refractivity contribution < 1.29 is 13.8 Å². The normalized spacial score (nSPS) is 12.2. The zero-order chi connectivity index (χ0) is 23.3. The van der Waals surface area contributed by atoms with Crippen molar-refractivity contribution >= 4 is 44.8 Å². The van der Waals surface area contributed by atoms with Crippen molar-refractivity contribution in [1.29, 1.82) is 0 Å². The molecule has 2 N–H and O–H groups in total. The lowest BCUT2D eigenvalue weighted by molar-refractivity contribution is -0.120. The van der Waals surface area contributed by atoms with Crippen LogP contribution in [-0.2, 0) is 36.4 Å². The van der Waals surface area contributed by atoms with Crippen molar-refractivity contribution in [2.24, 2.45) is 0 Å². The Bertz CT molecular complexity index is 1120. The van der Waals surface area contributed by atoms with Gasteiger partial charge in [0, 0.05) is 11.1 Å². The highest BCUT2D eigenvalue weighted by atomic mass is 32.2. The van der Waals surface area contributed by atoms with Crippen molar-refractivity contribution in [2.45, 2.75) is 44.4 Å². The van der Waals surface area contributed by atoms with Crippen molar-refractivity contribution in [1.82, 2.24) is 4.98 Å². The van der Waals surface area contributed by atoms with Crippen LogP contribution in [0.1, 0.15) is 37.6 Å². The average molecular weight is 471 g/mol. The summed E-state index contributed by atoms with van der Waals surface area (Å²) in [6.07, 6.45) is 0.228. The van der Waals surface area contributed by atoms with E-state index < -0.39 is 16.2 Å². The van der Waals surface area contributed by atoms with Gasteiger partial charge in [-0.25, -0.2) is 4.98 Å². The third-order valence-corrected chi connectivity index (χ3v) is 7.50. The molecule has 168 valence electrons. The van der Waals surface area contributed by atoms with Crippen molar-refractivity contribution in [2.75, 3.05) is 16.4 Å². The first-order valence-electron chi connectivity index (χ1n) is 10.4. The Morgan fingerprint density at radius 1 is 1.03 bits per heavy atom. The molecule has 0 aliphatic carbocycles. The number of rotatable bonds is 8. The van der Waals surface area contributed by atoms with E-state index >= 15 is 0 Å². The standard InChI is InChI=1S/C24H27N3O3S2/c1-5-32(30)20-12-6-17(7-13-20)14-21(28)26-19-10-8-18(9-11-19)24(3,4)22(29)27-23-25-16(2)15-31-23/h6-13,15H,5,14H2,1-4H3,(H,26,28)(H,25,27,29)/p+1. The zero-order valence-corrected chi connectivity index (χ0v) is 20.3. The number of hydrogen-bond acceptors (Lipinski definition) is 5. The molecule has 1 aromatic heterocycles. The van der Waals surface area contributed by atoms with E-state index in [1.807, 2.05) is 69.5 Å². The van der Waals surface area contributed by atoms with Crippen LogP contribution in [0.4, 0.5) is 10.8 Å². The average Bonchev–Trinajstić information content (AvgIpc) is 3.18. The molecule has 8 heteroatoms. The maximum atomic E-state index is 12.8. The Balaban J connectivity index is 1.60. The summed E-state index contributed by atoms with van der Waals surface area (Å²) in [5, 5.41) is 8.23. The van der Waals surface area contributed by atoms with Gasteiger partial charge in [0.25, 0.3) is 0 Å². The van der Waals surface area contributed by atoms with Crippen LogP contribution in [0.3, 0.4) is 0 Å². The highest BCUT2D eigenvalue weighted by Gasteiger charge is 2.30. The highest BCUT2D eigenvalue weighted by Crippen LogP contribution is 2.27. The Morgan fingerprint density at radius 3 is 2.25 bits per heavy atom. The van der Waals surface area contributed by atoms with Gasteiger partial charge in [0.15, 0.2) is 10.0 Å². The topological polar surface area (TPSA) is 88.2 Å². The number of amides is 2. The molecule has 0 saturated carbocycles. The first kappa shape index (κ1) is 23.8. The molecule has 0 bridgehead atoms. The number of hydrogen-bond donors (Lipinski definition) is 2. The maximum Gasteiger partial charge on any atom is 0.236 e. The molecular weight excluding hydrogens is 442 g/mol. The molecule has 6 nitrogen and oxygen atoms in total. The van der Waals surface area contributed by atoms with Crippen molar-refractivity contribution in [3.8, 4) is 0 Å². The van der Waals surface area contributed by atoms with Gasteiger partial charge in [0.1, 0.15) is 16.6 Å². The Kier molecular flexibility index (Phi) is 7.58. The van der Waals surface area contributed by atoms with Gasteiger partial charge >= 0.3 is 0 Å². The van der Waals surface area contributed by atoms with Crippen LogP contribution in [0.25, 0.3) is 0 Å². The number of thiazole rings is 1. The maximum absolute atomic E-state index is 12.8. The first-order valence-corrected chi connectivity index (χ1v) is 12.7. The van der Waals surface area contributed by atoms with Crippen LogP contribution in [0.2, 0.25) is 0 Å². The lowest BCUT2D eigenvalue weighted by Gasteiger charge is -2.23. The Morgan fingerprint density at radius 2 is 1.69 bits per heavy atom. The molecular formula is C24H28N3O3S2+. The molecule has 0 spiro atoms. The van der Waals surface area contributed by atoms with E-state index in [9.17, 15) is 13.8 Å². The summed E-state index contributed by atoms with van der Waals surface area (Å²) in [4.78, 5) is 30.3. The number of nitrogens with zero attached hydrogens (tertiary/aromatic N) is 1. The fraction of sp³-hybridized carbons (Fsp3) is 0.292. The second kappa shape index (κ2) is 10.2. The monoisotopic (exact) mass is 470 g/mol. The molecule has 1 atom stereocenters. The SMILES string of the molecule is CC[SH+](=O)c1ccc(CC(=O)Nc2ccc(C(C)(C)C(=O)Nc3nc(C)cs3)cc2)cc1. The third kappa shape index (κ3) is 5.89. The van der Waals surface area contributed by atoms with E-state index in [-0.39, 0.29) is 18.2 Å². The van der Waals surface area contributed by atoms with Gasteiger partial charge in [-0.2, -0.15) is 0 Å². The Hall–Kier alpha value is -2.84. The van der Waals surface area contributed by atoms with Crippen LogP contribution in [-0.4, -0.2) is 22.6 Å². The van der Waals surface area contributed by atoms with E-state index in [0.717, 1.165) is 21.7 Å². The quantitative estimate of drug-likeness (QED) is 0.371. The van der Waals surface area contributed by atoms with Crippen LogP contribution in [0.15, 0.2) is 58.8 Å². The first-order chi connectivity index (χ1) is 15.2. The van der Waals surface area contributed by atoms with Crippen molar-refractivity contribution in [3.63, 3.8) is 0 Å². The minimum Gasteiger partial charge on any atom is -0.326 e. The van der Waals surface area contributed by atoms with Gasteiger partial charge in [0.05, 0.1) is 17.5 Å². The molecule has 0 saturated heterocycles. The van der Waals surface area contributed by atoms with Crippen molar-refractivity contribution in [3.05, 3.63) is 70.7 Å². The second-order valence-electron chi connectivity index (χ2n) is 8.04. The fourth-order valence-corrected chi connectivity index (χ4v) is 4.65. The van der Waals surface area contributed by atoms with E-state index in [0.29, 0.717) is 16.6 Å². The summed E-state index contributed by atoms with van der Waals surface area (Å²) in [6.45, 7) is 7.48. The highest BCUT2D eigenvalue weighted by molar-refractivity contribution is 7.84. The number of aromatic nitrogens is 1. The number of carbonyl (C=O) groups excluding carboxylic acids is 2. The van der Waals surface area contributed by atoms with Gasteiger partial charge in [0.2, 0.25) is 11.8 Å². The number of aryl methyl sites for hydroxylation is 1. The summed E-state index contributed by atoms with van der Waals surface area (Å²) < 4.78 is 11.9. The van der Waals surface area contributed by atoms with Crippen LogP contribution in [0.5, 0.6) is 0 Å². The lowest BCUT2D eigenvalue weighted by Crippen LogP contribution is -2.34. The molecule has 3 aromatic rings. The van der Waals surface area contributed by atoms with E-state index in [2.05, 4.69) is 15.6 Å². The van der Waals surface area contributed by atoms with E-state index in [1.165, 1.54) is 11.3 Å². The van der Waals surface area contributed by atoms with Crippen LogP contribution in [0, 0.1) is 6.92 Å². The number of carbonyl (C=O) groups is 2.